The molecule has 0 spiro atoms. The van der Waals surface area contributed by atoms with Crippen molar-refractivity contribution < 1.29 is 0 Å². The van der Waals surface area contributed by atoms with Gasteiger partial charge in [-0.1, -0.05) is 34.1 Å². The van der Waals surface area contributed by atoms with Gasteiger partial charge in [-0.2, -0.15) is 0 Å². The second-order valence-electron chi connectivity index (χ2n) is 5.15. The second-order valence-corrected chi connectivity index (χ2v) is 5.15. The number of aryl methyl sites for hydroxylation is 1. The zero-order valence-electron chi connectivity index (χ0n) is 11.2. The molecule has 16 heavy (non-hydrogen) atoms. The minimum absolute atomic E-state index is 0.651. The topological polar surface area (TPSA) is 29.9 Å². The maximum atomic E-state index is 4.52. The van der Waals surface area contributed by atoms with Crippen LogP contribution in [-0.4, -0.2) is 16.1 Å². The van der Waals surface area contributed by atoms with E-state index in [9.17, 15) is 0 Å². The summed E-state index contributed by atoms with van der Waals surface area (Å²) in [5.74, 6) is 2.37. The van der Waals surface area contributed by atoms with Crippen molar-refractivity contribution in [1.82, 2.24) is 9.55 Å². The average Bonchev–Trinajstić information content (AvgIpc) is 2.54. The van der Waals surface area contributed by atoms with Gasteiger partial charge < -0.3 is 9.88 Å². The molecule has 3 heteroatoms. The Kier molecular flexibility index (Phi) is 4.84. The van der Waals surface area contributed by atoms with Crippen molar-refractivity contribution in [3.8, 4) is 0 Å². The molecule has 0 fully saturated rings. The van der Waals surface area contributed by atoms with Crippen molar-refractivity contribution in [2.75, 3.05) is 11.9 Å². The minimum Gasteiger partial charge on any atom is -0.355 e. The monoisotopic (exact) mass is 223 g/mol. The highest BCUT2D eigenvalue weighted by Crippen LogP contribution is 2.12. The number of hydrogen-bond acceptors (Lipinski definition) is 2. The van der Waals surface area contributed by atoms with Crippen LogP contribution in [0.3, 0.4) is 0 Å². The van der Waals surface area contributed by atoms with Crippen LogP contribution in [-0.2, 0) is 6.54 Å². The van der Waals surface area contributed by atoms with E-state index in [0.717, 1.165) is 24.7 Å². The van der Waals surface area contributed by atoms with Gasteiger partial charge in [-0.25, -0.2) is 4.98 Å². The van der Waals surface area contributed by atoms with E-state index in [-0.39, 0.29) is 0 Å². The zero-order valence-corrected chi connectivity index (χ0v) is 11.2. The van der Waals surface area contributed by atoms with Gasteiger partial charge in [0.25, 0.3) is 0 Å². The van der Waals surface area contributed by atoms with Crippen LogP contribution >= 0.6 is 0 Å². The Bertz CT molecular complexity index is 315. The van der Waals surface area contributed by atoms with Crippen LogP contribution in [0.2, 0.25) is 0 Å². The van der Waals surface area contributed by atoms with Gasteiger partial charge in [0.2, 0.25) is 5.95 Å². The van der Waals surface area contributed by atoms with Crippen LogP contribution < -0.4 is 5.32 Å². The molecule has 0 bridgehead atoms. The lowest BCUT2D eigenvalue weighted by molar-refractivity contribution is 0.522. The molecule has 0 aromatic carbocycles. The van der Waals surface area contributed by atoms with Gasteiger partial charge in [-0.3, -0.25) is 0 Å². The molecule has 3 nitrogen and oxygen atoms in total. The van der Waals surface area contributed by atoms with Crippen LogP contribution in [0.15, 0.2) is 6.20 Å². The number of nitrogens with one attached hydrogen (secondary N) is 1. The summed E-state index contributed by atoms with van der Waals surface area (Å²) in [5.41, 5.74) is 1.09. The molecule has 1 aromatic heterocycles. The largest absolute Gasteiger partial charge is 0.355 e. The normalized spacial score (nSPS) is 13.1. The summed E-state index contributed by atoms with van der Waals surface area (Å²) in [6.45, 7) is 13.0. The lowest BCUT2D eigenvalue weighted by Crippen LogP contribution is -2.15. The molecule has 0 saturated heterocycles. The van der Waals surface area contributed by atoms with Gasteiger partial charge in [0.05, 0.1) is 5.69 Å². The van der Waals surface area contributed by atoms with Crippen molar-refractivity contribution in [2.45, 2.75) is 47.6 Å². The molecular formula is C13H25N3. The van der Waals surface area contributed by atoms with Crippen molar-refractivity contribution in [2.24, 2.45) is 11.8 Å². The minimum atomic E-state index is 0.651. The first-order valence-corrected chi connectivity index (χ1v) is 6.30. The molecule has 0 saturated carbocycles. The van der Waals surface area contributed by atoms with Crippen molar-refractivity contribution in [1.29, 1.82) is 0 Å². The van der Waals surface area contributed by atoms with E-state index in [1.54, 1.807) is 0 Å². The third kappa shape index (κ3) is 3.87. The molecule has 1 heterocycles. The third-order valence-corrected chi connectivity index (χ3v) is 2.76. The number of hydrogen-bond donors (Lipinski definition) is 1. The van der Waals surface area contributed by atoms with Gasteiger partial charge >= 0.3 is 0 Å². The number of anilines is 1. The zero-order chi connectivity index (χ0) is 12.1. The fourth-order valence-corrected chi connectivity index (χ4v) is 1.63. The maximum absolute atomic E-state index is 4.52. The first kappa shape index (κ1) is 13.1. The molecule has 1 atom stereocenters. The third-order valence-electron chi connectivity index (χ3n) is 2.76. The molecule has 0 aliphatic heterocycles. The Morgan fingerprint density at radius 3 is 2.62 bits per heavy atom. The van der Waals surface area contributed by atoms with E-state index in [2.05, 4.69) is 48.8 Å². The molecule has 0 aliphatic carbocycles. The molecule has 1 aromatic rings. The number of nitrogens with zero attached hydrogens (tertiary/aromatic N) is 2. The molecule has 92 valence electrons. The molecule has 1 rings (SSSR count). The van der Waals surface area contributed by atoms with Crippen molar-refractivity contribution >= 4 is 5.95 Å². The first-order chi connectivity index (χ1) is 7.52. The highest BCUT2D eigenvalue weighted by molar-refractivity contribution is 5.28. The highest BCUT2D eigenvalue weighted by atomic mass is 15.2. The van der Waals surface area contributed by atoms with Crippen LogP contribution in [0.4, 0.5) is 5.95 Å². The highest BCUT2D eigenvalue weighted by Gasteiger charge is 2.07. The quantitative estimate of drug-likeness (QED) is 0.802. The number of imidazole rings is 1. The summed E-state index contributed by atoms with van der Waals surface area (Å²) in [5, 5.41) is 3.44. The Morgan fingerprint density at radius 1 is 1.38 bits per heavy atom. The summed E-state index contributed by atoms with van der Waals surface area (Å²) < 4.78 is 2.22. The lowest BCUT2D eigenvalue weighted by atomic mass is 10.1. The van der Waals surface area contributed by atoms with E-state index >= 15 is 0 Å². The fourth-order valence-electron chi connectivity index (χ4n) is 1.63. The summed E-state index contributed by atoms with van der Waals surface area (Å²) >= 11 is 0. The van der Waals surface area contributed by atoms with Crippen molar-refractivity contribution in [3.05, 3.63) is 11.9 Å². The van der Waals surface area contributed by atoms with E-state index in [1.165, 1.54) is 6.42 Å². The Labute approximate surface area is 99.3 Å². The Hall–Kier alpha value is -0.990. The Balaban J connectivity index is 2.63. The van der Waals surface area contributed by atoms with E-state index in [0.29, 0.717) is 11.8 Å². The molecule has 0 aliphatic rings. The molecule has 1 N–H and O–H groups in total. The van der Waals surface area contributed by atoms with Gasteiger partial charge in [0, 0.05) is 19.3 Å². The van der Waals surface area contributed by atoms with Gasteiger partial charge in [0.15, 0.2) is 0 Å². The predicted octanol–water partition coefficient (Wildman–Crippen LogP) is 3.31. The molecular weight excluding hydrogens is 198 g/mol. The summed E-state index contributed by atoms with van der Waals surface area (Å²) in [6, 6.07) is 0. The average molecular weight is 223 g/mol. The SMILES string of the molecule is CCC(C)CNc1nc(C)cn1CC(C)C. The predicted molar refractivity (Wildman–Crippen MR) is 69.7 cm³/mol. The molecule has 0 radical (unpaired) electrons. The van der Waals surface area contributed by atoms with Crippen LogP contribution in [0.25, 0.3) is 0 Å². The lowest BCUT2D eigenvalue weighted by Gasteiger charge is -2.14. The standard InChI is InChI=1S/C13H25N3/c1-6-11(4)7-14-13-15-12(5)9-16(13)8-10(2)3/h9-11H,6-8H2,1-5H3,(H,14,15). The Morgan fingerprint density at radius 2 is 2.06 bits per heavy atom. The summed E-state index contributed by atoms with van der Waals surface area (Å²) in [6.07, 6.45) is 3.33. The van der Waals surface area contributed by atoms with Crippen LogP contribution in [0.1, 0.15) is 39.8 Å². The van der Waals surface area contributed by atoms with Gasteiger partial charge in [-0.05, 0) is 18.8 Å². The smallest absolute Gasteiger partial charge is 0.203 e. The van der Waals surface area contributed by atoms with Crippen molar-refractivity contribution in [3.63, 3.8) is 0 Å². The molecule has 1 unspecified atom stereocenters. The maximum Gasteiger partial charge on any atom is 0.203 e. The van der Waals surface area contributed by atoms with E-state index in [1.807, 2.05) is 6.92 Å². The van der Waals surface area contributed by atoms with Crippen LogP contribution in [0.5, 0.6) is 0 Å². The van der Waals surface area contributed by atoms with Gasteiger partial charge in [-0.15, -0.1) is 0 Å². The number of rotatable bonds is 6. The second kappa shape index (κ2) is 5.92. The summed E-state index contributed by atoms with van der Waals surface area (Å²) in [4.78, 5) is 4.52. The molecule has 0 amide bonds. The van der Waals surface area contributed by atoms with E-state index in [4.69, 9.17) is 0 Å². The summed E-state index contributed by atoms with van der Waals surface area (Å²) in [7, 11) is 0. The fraction of sp³-hybridized carbons (Fsp3) is 0.769. The van der Waals surface area contributed by atoms with Crippen LogP contribution in [0, 0.1) is 18.8 Å². The van der Waals surface area contributed by atoms with Gasteiger partial charge in [0.1, 0.15) is 0 Å². The first-order valence-electron chi connectivity index (χ1n) is 6.30. The number of aromatic nitrogens is 2. The van der Waals surface area contributed by atoms with E-state index < -0.39 is 0 Å².